The number of rotatable bonds is 5. The predicted molar refractivity (Wildman–Crippen MR) is 115 cm³/mol. The van der Waals surface area contributed by atoms with Crippen molar-refractivity contribution in [1.29, 1.82) is 0 Å². The van der Waals surface area contributed by atoms with Gasteiger partial charge in [0.1, 0.15) is 11.6 Å². The normalized spacial score (nSPS) is 10.8. The highest BCUT2D eigenvalue weighted by Crippen LogP contribution is 2.29. The number of carbonyl (C=O) groups excluding carboxylic acids is 2. The van der Waals surface area contributed by atoms with Crippen LogP contribution in [0.1, 0.15) is 12.5 Å². The van der Waals surface area contributed by atoms with Crippen LogP contribution in [0.25, 0.3) is 11.0 Å². The molecule has 2 heterocycles. The van der Waals surface area contributed by atoms with Gasteiger partial charge in [0.25, 0.3) is 0 Å². The molecular weight excluding hydrogens is 423 g/mol. The molecule has 31 heavy (non-hydrogen) atoms. The Balaban J connectivity index is 1.57. The first kappa shape index (κ1) is 20.5. The Morgan fingerprint density at radius 3 is 2.84 bits per heavy atom. The molecule has 0 spiro atoms. The van der Waals surface area contributed by atoms with Crippen LogP contribution < -0.4 is 10.2 Å². The zero-order valence-electron chi connectivity index (χ0n) is 16.3. The summed E-state index contributed by atoms with van der Waals surface area (Å²) in [6.07, 6.45) is 2.95. The molecule has 0 saturated carbocycles. The molecule has 0 aliphatic heterocycles. The van der Waals surface area contributed by atoms with Gasteiger partial charge in [0.05, 0.1) is 23.3 Å². The summed E-state index contributed by atoms with van der Waals surface area (Å²) in [5.74, 6) is -0.935. The molecule has 9 heteroatoms. The lowest BCUT2D eigenvalue weighted by Gasteiger charge is -2.20. The fourth-order valence-corrected chi connectivity index (χ4v) is 3.34. The first-order valence-electron chi connectivity index (χ1n) is 9.26. The number of fused-ring (bicyclic) bond motifs is 1. The van der Waals surface area contributed by atoms with Gasteiger partial charge < -0.3 is 9.84 Å². The van der Waals surface area contributed by atoms with Crippen LogP contribution in [0.3, 0.4) is 0 Å². The van der Waals surface area contributed by atoms with E-state index in [1.807, 2.05) is 0 Å². The molecule has 2 amide bonds. The second-order valence-electron chi connectivity index (χ2n) is 6.74. The van der Waals surface area contributed by atoms with Gasteiger partial charge in [-0.15, -0.1) is 0 Å². The van der Waals surface area contributed by atoms with E-state index in [0.29, 0.717) is 28.3 Å². The number of amides is 2. The Hall–Kier alpha value is -3.78. The number of aromatic nitrogens is 2. The molecule has 0 aliphatic carbocycles. The largest absolute Gasteiger partial charge is 0.356 e. The molecule has 2 aromatic heterocycles. The van der Waals surface area contributed by atoms with Gasteiger partial charge in [-0.1, -0.05) is 28.9 Å². The standard InChI is InChI=1S/C22H16ClFN4O3/c1-13(29)28(17-6-5-15-12-26-31-19(15)11-17)20-10-16(7-8-25-20)27-21(30)9-14-3-2-4-18(24)22(14)23/h2-8,10-12H,9H2,1H3,(H,25,27,30). The van der Waals surface area contributed by atoms with Crippen LogP contribution >= 0.6 is 11.6 Å². The summed E-state index contributed by atoms with van der Waals surface area (Å²) in [5.41, 5.74) is 1.87. The maximum atomic E-state index is 13.6. The van der Waals surface area contributed by atoms with E-state index < -0.39 is 5.82 Å². The third kappa shape index (κ3) is 4.39. The minimum absolute atomic E-state index is 0.0846. The Bertz CT molecular complexity index is 1290. The zero-order chi connectivity index (χ0) is 22.0. The lowest BCUT2D eigenvalue weighted by Crippen LogP contribution is -2.24. The van der Waals surface area contributed by atoms with E-state index in [1.54, 1.807) is 42.6 Å². The smallest absolute Gasteiger partial charge is 0.229 e. The van der Waals surface area contributed by atoms with E-state index in [0.717, 1.165) is 5.39 Å². The predicted octanol–water partition coefficient (Wildman–Crippen LogP) is 4.88. The Morgan fingerprint density at radius 1 is 1.19 bits per heavy atom. The van der Waals surface area contributed by atoms with Crippen LogP contribution in [0, 0.1) is 5.82 Å². The third-order valence-electron chi connectivity index (χ3n) is 4.55. The summed E-state index contributed by atoms with van der Waals surface area (Å²) in [6.45, 7) is 1.41. The van der Waals surface area contributed by atoms with Crippen molar-refractivity contribution in [1.82, 2.24) is 10.1 Å². The summed E-state index contributed by atoms with van der Waals surface area (Å²) in [7, 11) is 0. The average molecular weight is 439 g/mol. The van der Waals surface area contributed by atoms with Gasteiger partial charge in [0.2, 0.25) is 11.8 Å². The molecule has 4 aromatic rings. The highest BCUT2D eigenvalue weighted by Gasteiger charge is 2.18. The maximum absolute atomic E-state index is 13.6. The molecule has 2 aromatic carbocycles. The molecule has 0 atom stereocenters. The number of benzene rings is 2. The number of anilines is 3. The lowest BCUT2D eigenvalue weighted by atomic mass is 10.1. The zero-order valence-corrected chi connectivity index (χ0v) is 17.1. The molecule has 0 radical (unpaired) electrons. The number of pyridine rings is 1. The van der Waals surface area contributed by atoms with Crippen molar-refractivity contribution in [2.24, 2.45) is 0 Å². The van der Waals surface area contributed by atoms with E-state index >= 15 is 0 Å². The minimum Gasteiger partial charge on any atom is -0.356 e. The van der Waals surface area contributed by atoms with E-state index in [2.05, 4.69) is 15.5 Å². The van der Waals surface area contributed by atoms with Gasteiger partial charge in [0, 0.05) is 36.3 Å². The van der Waals surface area contributed by atoms with Gasteiger partial charge in [-0.05, 0) is 29.8 Å². The fraction of sp³-hybridized carbons (Fsp3) is 0.0909. The van der Waals surface area contributed by atoms with Crippen molar-refractivity contribution in [2.75, 3.05) is 10.2 Å². The van der Waals surface area contributed by atoms with E-state index in [4.69, 9.17) is 16.1 Å². The molecule has 0 saturated heterocycles. The van der Waals surface area contributed by atoms with Crippen molar-refractivity contribution in [3.63, 3.8) is 0 Å². The van der Waals surface area contributed by atoms with Crippen molar-refractivity contribution in [3.8, 4) is 0 Å². The molecule has 0 aliphatic rings. The van der Waals surface area contributed by atoms with Crippen molar-refractivity contribution in [2.45, 2.75) is 13.3 Å². The maximum Gasteiger partial charge on any atom is 0.229 e. The monoisotopic (exact) mass is 438 g/mol. The summed E-state index contributed by atoms with van der Waals surface area (Å²) in [4.78, 5) is 30.4. The van der Waals surface area contributed by atoms with Crippen LogP contribution in [0.5, 0.6) is 0 Å². The number of halogens is 2. The average Bonchev–Trinajstić information content (AvgIpc) is 3.19. The van der Waals surface area contributed by atoms with Gasteiger partial charge in [0.15, 0.2) is 5.58 Å². The SMILES string of the molecule is CC(=O)N(c1ccc2cnoc2c1)c1cc(NC(=O)Cc2cccc(F)c2Cl)ccn1. The lowest BCUT2D eigenvalue weighted by molar-refractivity contribution is -0.116. The van der Waals surface area contributed by atoms with Gasteiger partial charge in [-0.25, -0.2) is 9.37 Å². The molecular formula is C22H16ClFN4O3. The second kappa shape index (κ2) is 8.53. The van der Waals surface area contributed by atoms with E-state index in [9.17, 15) is 14.0 Å². The quantitative estimate of drug-likeness (QED) is 0.479. The van der Waals surface area contributed by atoms with Crippen LogP contribution in [0.15, 0.2) is 65.4 Å². The Morgan fingerprint density at radius 2 is 2.03 bits per heavy atom. The number of nitrogens with zero attached hydrogens (tertiary/aromatic N) is 3. The van der Waals surface area contributed by atoms with Crippen molar-refractivity contribution in [3.05, 3.63) is 77.3 Å². The second-order valence-corrected chi connectivity index (χ2v) is 7.12. The van der Waals surface area contributed by atoms with Crippen LogP contribution in [-0.2, 0) is 16.0 Å². The molecule has 0 unspecified atom stereocenters. The molecule has 0 bridgehead atoms. The summed E-state index contributed by atoms with van der Waals surface area (Å²) < 4.78 is 18.8. The Kier molecular flexibility index (Phi) is 5.64. The highest BCUT2D eigenvalue weighted by atomic mass is 35.5. The van der Waals surface area contributed by atoms with E-state index in [1.165, 1.54) is 30.2 Å². The van der Waals surface area contributed by atoms with Crippen molar-refractivity contribution >= 4 is 51.6 Å². The number of nitrogens with one attached hydrogen (secondary N) is 1. The number of hydrogen-bond acceptors (Lipinski definition) is 5. The summed E-state index contributed by atoms with van der Waals surface area (Å²) in [5, 5.41) is 7.18. The Labute approximate surface area is 181 Å². The van der Waals surface area contributed by atoms with Gasteiger partial charge >= 0.3 is 0 Å². The molecule has 156 valence electrons. The number of carbonyl (C=O) groups is 2. The summed E-state index contributed by atoms with van der Waals surface area (Å²) in [6, 6.07) is 12.7. The topological polar surface area (TPSA) is 88.3 Å². The fourth-order valence-electron chi connectivity index (χ4n) is 3.14. The number of hydrogen-bond donors (Lipinski definition) is 1. The van der Waals surface area contributed by atoms with Crippen LogP contribution in [0.4, 0.5) is 21.6 Å². The van der Waals surface area contributed by atoms with E-state index in [-0.39, 0.29) is 23.3 Å². The highest BCUT2D eigenvalue weighted by molar-refractivity contribution is 6.31. The van der Waals surface area contributed by atoms with Gasteiger partial charge in [-0.3, -0.25) is 14.5 Å². The first-order chi connectivity index (χ1) is 14.9. The van der Waals surface area contributed by atoms with Crippen molar-refractivity contribution < 1.29 is 18.5 Å². The molecule has 4 rings (SSSR count). The summed E-state index contributed by atoms with van der Waals surface area (Å²) >= 11 is 5.92. The van der Waals surface area contributed by atoms with Gasteiger partial charge in [-0.2, -0.15) is 0 Å². The minimum atomic E-state index is -0.584. The molecule has 1 N–H and O–H groups in total. The molecule has 0 fully saturated rings. The first-order valence-corrected chi connectivity index (χ1v) is 9.64. The van der Waals surface area contributed by atoms with Crippen LogP contribution in [-0.4, -0.2) is 22.0 Å². The third-order valence-corrected chi connectivity index (χ3v) is 4.98. The van der Waals surface area contributed by atoms with Crippen LogP contribution in [0.2, 0.25) is 5.02 Å². The molecule has 7 nitrogen and oxygen atoms in total.